The third-order valence-corrected chi connectivity index (χ3v) is 4.71. The van der Waals surface area contributed by atoms with Crippen molar-refractivity contribution in [3.63, 3.8) is 0 Å². The summed E-state index contributed by atoms with van der Waals surface area (Å²) in [6.07, 6.45) is 3.30. The zero-order chi connectivity index (χ0) is 15.7. The molecule has 7 heteroatoms. The van der Waals surface area contributed by atoms with Gasteiger partial charge in [-0.3, -0.25) is 4.79 Å². The summed E-state index contributed by atoms with van der Waals surface area (Å²) in [7, 11) is 0. The molecule has 0 radical (unpaired) electrons. The van der Waals surface area contributed by atoms with Crippen molar-refractivity contribution < 1.29 is 4.79 Å². The fourth-order valence-electron chi connectivity index (χ4n) is 2.58. The van der Waals surface area contributed by atoms with Crippen LogP contribution < -0.4 is 5.32 Å². The largest absolute Gasteiger partial charge is 0.349 e. The van der Waals surface area contributed by atoms with E-state index in [2.05, 4.69) is 15.5 Å². The van der Waals surface area contributed by atoms with Crippen LogP contribution in [0.1, 0.15) is 34.7 Å². The Balaban J connectivity index is 1.74. The van der Waals surface area contributed by atoms with Gasteiger partial charge in [0.1, 0.15) is 0 Å². The molecule has 2 aromatic rings. The first-order valence-corrected chi connectivity index (χ1v) is 7.92. The van der Waals surface area contributed by atoms with Crippen LogP contribution >= 0.6 is 34.8 Å². The van der Waals surface area contributed by atoms with Crippen LogP contribution in [0, 0.1) is 0 Å². The molecule has 4 nitrogen and oxygen atoms in total. The molecule has 1 amide bonds. The van der Waals surface area contributed by atoms with Gasteiger partial charge in [-0.25, -0.2) is 0 Å². The summed E-state index contributed by atoms with van der Waals surface area (Å²) in [4.78, 5) is 12.3. The van der Waals surface area contributed by atoms with Gasteiger partial charge in [0.2, 0.25) is 0 Å². The monoisotopic (exact) mass is 355 g/mol. The lowest BCUT2D eigenvalue weighted by Gasteiger charge is -2.38. The minimum Gasteiger partial charge on any atom is -0.349 e. The van der Waals surface area contributed by atoms with Gasteiger partial charge < -0.3 is 5.32 Å². The summed E-state index contributed by atoms with van der Waals surface area (Å²) >= 11 is 18.1. The van der Waals surface area contributed by atoms with Crippen LogP contribution in [0.2, 0.25) is 15.2 Å². The number of rotatable bonds is 3. The maximum atomic E-state index is 12.3. The van der Waals surface area contributed by atoms with Crippen LogP contribution in [0.4, 0.5) is 0 Å². The molecule has 1 heterocycles. The quantitative estimate of drug-likeness (QED) is 0.900. The number of aromatic nitrogens is 2. The lowest BCUT2D eigenvalue weighted by Crippen LogP contribution is -2.45. The van der Waals surface area contributed by atoms with Crippen LogP contribution in [0.15, 0.2) is 30.5 Å². The lowest BCUT2D eigenvalue weighted by molar-refractivity contribution is 0.0904. The molecule has 1 aromatic heterocycles. The summed E-state index contributed by atoms with van der Waals surface area (Å²) in [6.45, 7) is 0. The van der Waals surface area contributed by atoms with E-state index < -0.39 is 0 Å². The Bertz CT molecular complexity index is 723. The zero-order valence-corrected chi connectivity index (χ0v) is 13.7. The minimum absolute atomic E-state index is 0.0235. The molecule has 1 aliphatic rings. The molecule has 1 aromatic carbocycles. The number of amides is 1. The van der Waals surface area contributed by atoms with E-state index in [4.69, 9.17) is 34.8 Å². The Labute approximate surface area is 142 Å². The number of nitrogens with one attached hydrogen (secondary N) is 1. The highest BCUT2D eigenvalue weighted by Gasteiger charge is 2.35. The van der Waals surface area contributed by atoms with Crippen molar-refractivity contribution in [1.82, 2.24) is 15.5 Å². The van der Waals surface area contributed by atoms with Gasteiger partial charge in [0, 0.05) is 22.0 Å². The van der Waals surface area contributed by atoms with Gasteiger partial charge in [-0.2, -0.15) is 5.10 Å². The topological polar surface area (TPSA) is 54.9 Å². The lowest BCUT2D eigenvalue weighted by atomic mass is 9.75. The minimum atomic E-state index is -0.250. The molecule has 1 N–H and O–H groups in total. The summed E-state index contributed by atoms with van der Waals surface area (Å²) in [6, 6.07) is 7.01. The SMILES string of the molecule is O=C(N[C@@H]1CC[C@@H]1c1ccc(Cl)cc1Cl)c1ccnnc1Cl. The molecule has 0 saturated heterocycles. The summed E-state index contributed by atoms with van der Waals surface area (Å²) in [5, 5.41) is 11.6. The van der Waals surface area contributed by atoms with Crippen LogP contribution in [-0.2, 0) is 0 Å². The first-order chi connectivity index (χ1) is 10.6. The summed E-state index contributed by atoms with van der Waals surface area (Å²) < 4.78 is 0. The standard InChI is InChI=1S/C15H12Cl3N3O/c16-8-1-2-9(12(17)7-8)10-3-4-13(10)20-15(22)11-5-6-19-21-14(11)18/h1-2,5-7,10,13H,3-4H2,(H,20,22)/t10-,13-/m1/s1. The Morgan fingerprint density at radius 1 is 1.18 bits per heavy atom. The van der Waals surface area contributed by atoms with Crippen molar-refractivity contribution >= 4 is 40.7 Å². The van der Waals surface area contributed by atoms with Crippen molar-refractivity contribution in [2.75, 3.05) is 0 Å². The van der Waals surface area contributed by atoms with Gasteiger partial charge in [-0.1, -0.05) is 40.9 Å². The van der Waals surface area contributed by atoms with Crippen molar-refractivity contribution in [2.24, 2.45) is 0 Å². The molecule has 114 valence electrons. The molecule has 1 saturated carbocycles. The van der Waals surface area contributed by atoms with Gasteiger partial charge in [0.15, 0.2) is 5.15 Å². The Kier molecular flexibility index (Phi) is 4.52. The van der Waals surface area contributed by atoms with Gasteiger partial charge >= 0.3 is 0 Å². The first-order valence-electron chi connectivity index (χ1n) is 6.79. The maximum Gasteiger partial charge on any atom is 0.254 e. The highest BCUT2D eigenvalue weighted by Crippen LogP contribution is 2.41. The molecule has 22 heavy (non-hydrogen) atoms. The first kappa shape index (κ1) is 15.5. The zero-order valence-electron chi connectivity index (χ0n) is 11.4. The van der Waals surface area contributed by atoms with Crippen LogP contribution in [-0.4, -0.2) is 22.1 Å². The average Bonchev–Trinajstić information content (AvgIpc) is 2.46. The van der Waals surface area contributed by atoms with Gasteiger partial charge in [0.05, 0.1) is 11.8 Å². The molecule has 0 aliphatic heterocycles. The van der Waals surface area contributed by atoms with E-state index in [1.165, 1.54) is 6.20 Å². The second kappa shape index (κ2) is 6.41. The van der Waals surface area contributed by atoms with Crippen molar-refractivity contribution in [2.45, 2.75) is 24.8 Å². The number of carbonyl (C=O) groups is 1. The Morgan fingerprint density at radius 2 is 2.00 bits per heavy atom. The second-order valence-electron chi connectivity index (χ2n) is 5.17. The molecule has 3 rings (SSSR count). The fraction of sp³-hybridized carbons (Fsp3) is 0.267. The number of benzene rings is 1. The molecular formula is C15H12Cl3N3O. The highest BCUT2D eigenvalue weighted by molar-refractivity contribution is 6.35. The molecule has 1 fully saturated rings. The van der Waals surface area contributed by atoms with Crippen molar-refractivity contribution in [3.05, 3.63) is 56.8 Å². The van der Waals surface area contributed by atoms with E-state index in [1.807, 2.05) is 12.1 Å². The highest BCUT2D eigenvalue weighted by atomic mass is 35.5. The third kappa shape index (κ3) is 3.05. The number of carbonyl (C=O) groups excluding carboxylic acids is 1. The van der Waals surface area contributed by atoms with E-state index in [0.717, 1.165) is 18.4 Å². The summed E-state index contributed by atoms with van der Waals surface area (Å²) in [5.74, 6) is -0.0676. The second-order valence-corrected chi connectivity index (χ2v) is 6.37. The normalized spacial score (nSPS) is 20.3. The molecule has 0 unspecified atom stereocenters. The smallest absolute Gasteiger partial charge is 0.254 e. The predicted octanol–water partition coefficient (Wildman–Crippen LogP) is 4.11. The van der Waals surface area contributed by atoms with Crippen molar-refractivity contribution in [3.8, 4) is 0 Å². The van der Waals surface area contributed by atoms with E-state index in [9.17, 15) is 4.79 Å². The van der Waals surface area contributed by atoms with E-state index in [1.54, 1.807) is 12.1 Å². The van der Waals surface area contributed by atoms with Crippen LogP contribution in [0.5, 0.6) is 0 Å². The molecule has 2 atom stereocenters. The third-order valence-electron chi connectivity index (χ3n) is 3.87. The predicted molar refractivity (Wildman–Crippen MR) is 86.7 cm³/mol. The van der Waals surface area contributed by atoms with Crippen LogP contribution in [0.3, 0.4) is 0 Å². The van der Waals surface area contributed by atoms with Crippen molar-refractivity contribution in [1.29, 1.82) is 0 Å². The summed E-state index contributed by atoms with van der Waals surface area (Å²) in [5.41, 5.74) is 1.33. The maximum absolute atomic E-state index is 12.3. The van der Waals surface area contributed by atoms with Gasteiger partial charge in [-0.15, -0.1) is 5.10 Å². The molecular weight excluding hydrogens is 345 g/mol. The number of hydrogen-bond donors (Lipinski definition) is 1. The van der Waals surface area contributed by atoms with Crippen LogP contribution in [0.25, 0.3) is 0 Å². The molecule has 0 bridgehead atoms. The molecule has 0 spiro atoms. The number of halogens is 3. The average molecular weight is 357 g/mol. The Morgan fingerprint density at radius 3 is 2.64 bits per heavy atom. The van der Waals surface area contributed by atoms with E-state index in [-0.39, 0.29) is 23.0 Å². The molecule has 1 aliphatic carbocycles. The van der Waals surface area contributed by atoms with E-state index >= 15 is 0 Å². The van der Waals surface area contributed by atoms with Gasteiger partial charge in [-0.05, 0) is 36.6 Å². The number of hydrogen-bond acceptors (Lipinski definition) is 3. The van der Waals surface area contributed by atoms with E-state index in [0.29, 0.717) is 15.6 Å². The fourth-order valence-corrected chi connectivity index (χ4v) is 3.32. The van der Waals surface area contributed by atoms with Gasteiger partial charge in [0.25, 0.3) is 5.91 Å². The Hall–Kier alpha value is -1.36. The number of nitrogens with zero attached hydrogens (tertiary/aromatic N) is 2.